The van der Waals surface area contributed by atoms with Crippen molar-refractivity contribution in [2.75, 3.05) is 33.2 Å². The fraction of sp³-hybridized carbons (Fsp3) is 0.312. The third-order valence-corrected chi connectivity index (χ3v) is 4.25. The van der Waals surface area contributed by atoms with Crippen LogP contribution in [0.15, 0.2) is 39.0 Å². The molecular formula is C16H18ClN5O3. The van der Waals surface area contributed by atoms with Crippen molar-refractivity contribution in [2.24, 2.45) is 5.10 Å². The van der Waals surface area contributed by atoms with E-state index >= 15 is 0 Å². The molecule has 2 heterocycles. The van der Waals surface area contributed by atoms with Crippen molar-refractivity contribution in [1.29, 1.82) is 0 Å². The van der Waals surface area contributed by atoms with E-state index in [1.54, 1.807) is 18.2 Å². The molecule has 1 saturated heterocycles. The van der Waals surface area contributed by atoms with Gasteiger partial charge in [0.15, 0.2) is 0 Å². The summed E-state index contributed by atoms with van der Waals surface area (Å²) in [6.07, 6.45) is 1.28. The molecule has 0 atom stereocenters. The first-order valence-corrected chi connectivity index (χ1v) is 8.15. The van der Waals surface area contributed by atoms with Crippen molar-refractivity contribution in [3.05, 3.63) is 55.7 Å². The molecule has 1 fully saturated rings. The largest absolute Gasteiger partial charge is 0.493 e. The summed E-state index contributed by atoms with van der Waals surface area (Å²) in [5.74, 6) is -0.478. The van der Waals surface area contributed by atoms with Gasteiger partial charge in [0.05, 0.1) is 11.9 Å². The molecule has 132 valence electrons. The van der Waals surface area contributed by atoms with E-state index in [9.17, 15) is 14.7 Å². The van der Waals surface area contributed by atoms with Gasteiger partial charge in [0, 0.05) is 31.2 Å². The Bertz CT molecular complexity index is 913. The van der Waals surface area contributed by atoms with Crippen LogP contribution >= 0.6 is 11.6 Å². The minimum absolute atomic E-state index is 0.0847. The normalized spacial score (nSPS) is 15.8. The Hall–Kier alpha value is -2.58. The van der Waals surface area contributed by atoms with Crippen molar-refractivity contribution in [3.8, 4) is 11.6 Å². The lowest BCUT2D eigenvalue weighted by Gasteiger charge is -2.30. The summed E-state index contributed by atoms with van der Waals surface area (Å²) in [7, 11) is 2.03. The van der Waals surface area contributed by atoms with Crippen molar-refractivity contribution < 1.29 is 5.11 Å². The molecule has 0 radical (unpaired) electrons. The van der Waals surface area contributed by atoms with Crippen LogP contribution in [0.25, 0.3) is 5.69 Å². The molecule has 1 aliphatic rings. The number of hydrogen-bond acceptors (Lipinski definition) is 6. The fourth-order valence-electron chi connectivity index (χ4n) is 2.56. The molecule has 0 amide bonds. The molecular weight excluding hydrogens is 346 g/mol. The molecule has 1 aliphatic heterocycles. The minimum atomic E-state index is -0.749. The van der Waals surface area contributed by atoms with E-state index < -0.39 is 17.1 Å². The Labute approximate surface area is 148 Å². The third kappa shape index (κ3) is 3.75. The molecule has 2 aromatic rings. The van der Waals surface area contributed by atoms with Crippen molar-refractivity contribution >= 4 is 17.8 Å². The van der Waals surface area contributed by atoms with E-state index in [2.05, 4.69) is 15.0 Å². The molecule has 25 heavy (non-hydrogen) atoms. The van der Waals surface area contributed by atoms with Gasteiger partial charge in [0.2, 0.25) is 5.88 Å². The lowest BCUT2D eigenvalue weighted by atomic mass is 10.3. The van der Waals surface area contributed by atoms with Crippen LogP contribution in [0.2, 0.25) is 5.02 Å². The molecule has 1 aromatic heterocycles. The van der Waals surface area contributed by atoms with Gasteiger partial charge in [-0.15, -0.1) is 0 Å². The highest BCUT2D eigenvalue weighted by atomic mass is 35.5. The minimum Gasteiger partial charge on any atom is -0.493 e. The van der Waals surface area contributed by atoms with E-state index in [1.165, 1.54) is 12.3 Å². The number of aromatic amines is 1. The zero-order valence-corrected chi connectivity index (χ0v) is 14.4. The lowest BCUT2D eigenvalue weighted by Crippen LogP contribution is -2.42. The highest BCUT2D eigenvalue weighted by Crippen LogP contribution is 2.18. The highest BCUT2D eigenvalue weighted by Gasteiger charge is 2.16. The molecule has 0 spiro atoms. The predicted octanol–water partition coefficient (Wildman–Crippen LogP) is 0.466. The molecule has 9 heteroatoms. The van der Waals surface area contributed by atoms with Crippen LogP contribution in [0.3, 0.4) is 0 Å². The Morgan fingerprint density at radius 2 is 1.96 bits per heavy atom. The van der Waals surface area contributed by atoms with Crippen molar-refractivity contribution in [2.45, 2.75) is 0 Å². The molecule has 0 saturated carbocycles. The topological polar surface area (TPSA) is 93.9 Å². The zero-order valence-electron chi connectivity index (χ0n) is 13.6. The number of nitrogens with zero attached hydrogens (tertiary/aromatic N) is 4. The standard InChI is InChI=1S/C16H18ClN5O3/c1-20-5-7-21(8-6-20)18-10-13-14(23)19-16(25)22(15(13)24)12-4-2-3-11(17)9-12/h2-4,9-10,24H,5-8H2,1H3,(H,19,23,25)/b18-10+. The molecule has 0 unspecified atom stereocenters. The Morgan fingerprint density at radius 3 is 2.64 bits per heavy atom. The Kier molecular flexibility index (Phi) is 4.91. The third-order valence-electron chi connectivity index (χ3n) is 4.02. The maximum absolute atomic E-state index is 12.1. The summed E-state index contributed by atoms with van der Waals surface area (Å²) < 4.78 is 0.985. The van der Waals surface area contributed by atoms with Gasteiger partial charge in [-0.1, -0.05) is 17.7 Å². The van der Waals surface area contributed by atoms with Gasteiger partial charge >= 0.3 is 5.69 Å². The van der Waals surface area contributed by atoms with Crippen LogP contribution in [0.1, 0.15) is 5.56 Å². The maximum Gasteiger partial charge on any atom is 0.335 e. The second-order valence-corrected chi connectivity index (χ2v) is 6.25. The zero-order chi connectivity index (χ0) is 18.0. The van der Waals surface area contributed by atoms with Gasteiger partial charge in [-0.2, -0.15) is 5.10 Å². The van der Waals surface area contributed by atoms with Crippen LogP contribution in [-0.4, -0.2) is 64.0 Å². The van der Waals surface area contributed by atoms with Crippen LogP contribution in [0.5, 0.6) is 5.88 Å². The van der Waals surface area contributed by atoms with E-state index in [0.717, 1.165) is 30.7 Å². The number of aromatic nitrogens is 2. The number of likely N-dealkylation sites (N-methyl/N-ethyl adjacent to an activating group) is 1. The summed E-state index contributed by atoms with van der Waals surface area (Å²) in [6, 6.07) is 6.41. The average Bonchev–Trinajstić information content (AvgIpc) is 2.56. The van der Waals surface area contributed by atoms with Gasteiger partial charge in [-0.05, 0) is 25.2 Å². The SMILES string of the molecule is CN1CCN(/N=C/c2c(O)n(-c3cccc(Cl)c3)c(=O)[nH]c2=O)CC1. The number of H-pyrrole nitrogens is 1. The molecule has 2 N–H and O–H groups in total. The van der Waals surface area contributed by atoms with Gasteiger partial charge in [-0.3, -0.25) is 14.8 Å². The number of halogens is 1. The van der Waals surface area contributed by atoms with Gasteiger partial charge < -0.3 is 10.0 Å². The van der Waals surface area contributed by atoms with Crippen LogP contribution < -0.4 is 11.2 Å². The lowest BCUT2D eigenvalue weighted by molar-refractivity contribution is 0.159. The number of hydrogen-bond donors (Lipinski definition) is 2. The predicted molar refractivity (Wildman–Crippen MR) is 96.0 cm³/mol. The fourth-order valence-corrected chi connectivity index (χ4v) is 2.74. The van der Waals surface area contributed by atoms with E-state index in [-0.39, 0.29) is 5.56 Å². The summed E-state index contributed by atoms with van der Waals surface area (Å²) >= 11 is 5.94. The van der Waals surface area contributed by atoms with Crippen molar-refractivity contribution in [1.82, 2.24) is 19.5 Å². The second kappa shape index (κ2) is 7.12. The number of aromatic hydroxyl groups is 1. The van der Waals surface area contributed by atoms with Crippen LogP contribution in [0.4, 0.5) is 0 Å². The number of piperazine rings is 1. The summed E-state index contributed by atoms with van der Waals surface area (Å²) in [4.78, 5) is 28.5. The summed E-state index contributed by atoms with van der Waals surface area (Å²) in [6.45, 7) is 3.17. The van der Waals surface area contributed by atoms with Crippen LogP contribution in [0, 0.1) is 0 Å². The van der Waals surface area contributed by atoms with Gasteiger partial charge in [0.25, 0.3) is 5.56 Å². The number of benzene rings is 1. The number of nitrogens with one attached hydrogen (secondary N) is 1. The molecule has 0 bridgehead atoms. The van der Waals surface area contributed by atoms with Gasteiger partial charge in [-0.25, -0.2) is 9.36 Å². The quantitative estimate of drug-likeness (QED) is 0.773. The van der Waals surface area contributed by atoms with E-state index in [1.807, 2.05) is 12.1 Å². The molecule has 3 rings (SSSR count). The summed E-state index contributed by atoms with van der Waals surface area (Å²) in [5.41, 5.74) is -1.18. The van der Waals surface area contributed by atoms with Crippen molar-refractivity contribution in [3.63, 3.8) is 0 Å². The van der Waals surface area contributed by atoms with Crippen LogP contribution in [-0.2, 0) is 0 Å². The number of hydrazone groups is 1. The molecule has 8 nitrogen and oxygen atoms in total. The second-order valence-electron chi connectivity index (χ2n) is 5.81. The highest BCUT2D eigenvalue weighted by molar-refractivity contribution is 6.30. The van der Waals surface area contributed by atoms with E-state index in [4.69, 9.17) is 11.6 Å². The Balaban J connectivity index is 1.99. The Morgan fingerprint density at radius 1 is 1.24 bits per heavy atom. The number of rotatable bonds is 3. The summed E-state index contributed by atoms with van der Waals surface area (Å²) in [5, 5.41) is 16.9. The first-order valence-electron chi connectivity index (χ1n) is 7.77. The first kappa shape index (κ1) is 17.2. The molecule has 1 aromatic carbocycles. The average molecular weight is 364 g/mol. The monoisotopic (exact) mass is 363 g/mol. The smallest absolute Gasteiger partial charge is 0.335 e. The molecule has 0 aliphatic carbocycles. The first-order chi connectivity index (χ1) is 12.0. The maximum atomic E-state index is 12.1. The van der Waals surface area contributed by atoms with E-state index in [0.29, 0.717) is 10.7 Å². The van der Waals surface area contributed by atoms with Gasteiger partial charge in [0.1, 0.15) is 5.56 Å².